The predicted octanol–water partition coefficient (Wildman–Crippen LogP) is 1.83. The fraction of sp³-hybridized carbons (Fsp3) is 0.909. The highest BCUT2D eigenvalue weighted by molar-refractivity contribution is 5.66. The molecule has 0 bridgehead atoms. The van der Waals surface area contributed by atoms with Crippen LogP contribution in [0.25, 0.3) is 0 Å². The SMILES string of the molecule is CC(CC(=O)O)C1CCCCN(C)C1. The first-order valence-electron chi connectivity index (χ1n) is 5.50. The third-order valence-corrected chi connectivity index (χ3v) is 3.21. The Labute approximate surface area is 86.1 Å². The summed E-state index contributed by atoms with van der Waals surface area (Å²) in [7, 11) is 2.13. The summed E-state index contributed by atoms with van der Waals surface area (Å²) in [6.45, 7) is 4.29. The van der Waals surface area contributed by atoms with E-state index >= 15 is 0 Å². The lowest BCUT2D eigenvalue weighted by molar-refractivity contribution is -0.138. The summed E-state index contributed by atoms with van der Waals surface area (Å²) < 4.78 is 0. The summed E-state index contributed by atoms with van der Waals surface area (Å²) in [5.41, 5.74) is 0. The first-order chi connectivity index (χ1) is 6.59. The van der Waals surface area contributed by atoms with Gasteiger partial charge in [0.05, 0.1) is 0 Å². The van der Waals surface area contributed by atoms with Crippen LogP contribution in [0.3, 0.4) is 0 Å². The molecule has 1 aliphatic rings. The van der Waals surface area contributed by atoms with Gasteiger partial charge in [-0.2, -0.15) is 0 Å². The van der Waals surface area contributed by atoms with E-state index in [-0.39, 0.29) is 0 Å². The Bertz CT molecular complexity index is 194. The average Bonchev–Trinajstić information content (AvgIpc) is 2.28. The van der Waals surface area contributed by atoms with Crippen molar-refractivity contribution in [3.05, 3.63) is 0 Å². The maximum Gasteiger partial charge on any atom is 0.303 e. The minimum atomic E-state index is -0.663. The van der Waals surface area contributed by atoms with Crippen LogP contribution in [0.2, 0.25) is 0 Å². The lowest BCUT2D eigenvalue weighted by atomic mass is 9.87. The van der Waals surface area contributed by atoms with Crippen molar-refractivity contribution in [2.24, 2.45) is 11.8 Å². The molecule has 3 nitrogen and oxygen atoms in total. The summed E-state index contributed by atoms with van der Waals surface area (Å²) >= 11 is 0. The van der Waals surface area contributed by atoms with Gasteiger partial charge in [-0.3, -0.25) is 4.79 Å². The van der Waals surface area contributed by atoms with Gasteiger partial charge in [0.2, 0.25) is 0 Å². The fourth-order valence-electron chi connectivity index (χ4n) is 2.28. The number of aliphatic carboxylic acids is 1. The summed E-state index contributed by atoms with van der Waals surface area (Å²) in [4.78, 5) is 12.9. The zero-order valence-corrected chi connectivity index (χ0v) is 9.20. The third-order valence-electron chi connectivity index (χ3n) is 3.21. The van der Waals surface area contributed by atoms with E-state index in [9.17, 15) is 4.79 Å². The largest absolute Gasteiger partial charge is 0.481 e. The lowest BCUT2D eigenvalue weighted by Crippen LogP contribution is -2.28. The zero-order chi connectivity index (χ0) is 10.6. The van der Waals surface area contributed by atoms with E-state index in [4.69, 9.17) is 5.11 Å². The monoisotopic (exact) mass is 199 g/mol. The second-order valence-electron chi connectivity index (χ2n) is 4.59. The third kappa shape index (κ3) is 3.66. The van der Waals surface area contributed by atoms with Crippen molar-refractivity contribution in [3.8, 4) is 0 Å². The molecule has 0 aromatic rings. The Balaban J connectivity index is 2.43. The smallest absolute Gasteiger partial charge is 0.303 e. The first kappa shape index (κ1) is 11.5. The molecular weight excluding hydrogens is 178 g/mol. The number of nitrogens with zero attached hydrogens (tertiary/aromatic N) is 1. The molecule has 0 saturated carbocycles. The number of rotatable bonds is 3. The molecule has 2 atom stereocenters. The zero-order valence-electron chi connectivity index (χ0n) is 9.20. The summed E-state index contributed by atoms with van der Waals surface area (Å²) in [5.74, 6) is 0.219. The van der Waals surface area contributed by atoms with Crippen LogP contribution in [0.15, 0.2) is 0 Å². The molecular formula is C11H21NO2. The molecule has 1 fully saturated rings. The van der Waals surface area contributed by atoms with Crippen LogP contribution in [-0.4, -0.2) is 36.1 Å². The van der Waals surface area contributed by atoms with Crippen molar-refractivity contribution < 1.29 is 9.90 Å². The molecule has 0 aromatic heterocycles. The van der Waals surface area contributed by atoms with E-state index in [1.54, 1.807) is 0 Å². The van der Waals surface area contributed by atoms with Crippen molar-refractivity contribution in [3.63, 3.8) is 0 Å². The molecule has 0 radical (unpaired) electrons. The van der Waals surface area contributed by atoms with Gasteiger partial charge in [-0.1, -0.05) is 13.3 Å². The minimum absolute atomic E-state index is 0.313. The van der Waals surface area contributed by atoms with E-state index in [2.05, 4.69) is 18.9 Å². The molecule has 1 aliphatic heterocycles. The molecule has 82 valence electrons. The van der Waals surface area contributed by atoms with Gasteiger partial charge in [-0.15, -0.1) is 0 Å². The summed E-state index contributed by atoms with van der Waals surface area (Å²) in [5, 5.41) is 8.74. The van der Waals surface area contributed by atoms with Crippen LogP contribution < -0.4 is 0 Å². The van der Waals surface area contributed by atoms with Crippen LogP contribution in [0.5, 0.6) is 0 Å². The predicted molar refractivity (Wildman–Crippen MR) is 56.3 cm³/mol. The number of carboxylic acids is 1. The molecule has 1 N–H and O–H groups in total. The lowest BCUT2D eigenvalue weighted by Gasteiger charge is -2.24. The minimum Gasteiger partial charge on any atom is -0.481 e. The second-order valence-corrected chi connectivity index (χ2v) is 4.59. The van der Waals surface area contributed by atoms with Gasteiger partial charge >= 0.3 is 5.97 Å². The molecule has 2 unspecified atom stereocenters. The Morgan fingerprint density at radius 3 is 2.93 bits per heavy atom. The number of hydrogen-bond acceptors (Lipinski definition) is 2. The van der Waals surface area contributed by atoms with Gasteiger partial charge in [0, 0.05) is 13.0 Å². The highest BCUT2D eigenvalue weighted by Crippen LogP contribution is 2.24. The molecule has 14 heavy (non-hydrogen) atoms. The standard InChI is InChI=1S/C11H21NO2/c1-9(7-11(13)14)10-5-3-4-6-12(2)8-10/h9-10H,3-8H2,1-2H3,(H,13,14). The van der Waals surface area contributed by atoms with E-state index in [1.165, 1.54) is 19.3 Å². The molecule has 0 spiro atoms. The topological polar surface area (TPSA) is 40.5 Å². The molecule has 1 saturated heterocycles. The van der Waals surface area contributed by atoms with E-state index in [0.29, 0.717) is 18.3 Å². The number of likely N-dealkylation sites (tertiary alicyclic amines) is 1. The molecule has 0 amide bonds. The Kier molecular flexibility index (Phi) is 4.39. The van der Waals surface area contributed by atoms with Crippen molar-refractivity contribution in [1.82, 2.24) is 4.90 Å². The molecule has 0 aromatic carbocycles. The molecule has 3 heteroatoms. The highest BCUT2D eigenvalue weighted by atomic mass is 16.4. The first-order valence-corrected chi connectivity index (χ1v) is 5.50. The average molecular weight is 199 g/mol. The Morgan fingerprint density at radius 1 is 1.57 bits per heavy atom. The van der Waals surface area contributed by atoms with Crippen LogP contribution in [0.4, 0.5) is 0 Å². The van der Waals surface area contributed by atoms with E-state index in [1.807, 2.05) is 0 Å². The van der Waals surface area contributed by atoms with Crippen molar-refractivity contribution in [2.75, 3.05) is 20.1 Å². The number of carboxylic acid groups (broad SMARTS) is 1. The number of carbonyl (C=O) groups is 1. The van der Waals surface area contributed by atoms with Crippen LogP contribution in [0.1, 0.15) is 32.6 Å². The highest BCUT2D eigenvalue weighted by Gasteiger charge is 2.22. The van der Waals surface area contributed by atoms with Crippen molar-refractivity contribution >= 4 is 5.97 Å². The fourth-order valence-corrected chi connectivity index (χ4v) is 2.28. The van der Waals surface area contributed by atoms with Crippen LogP contribution >= 0.6 is 0 Å². The van der Waals surface area contributed by atoms with Gasteiger partial charge in [0.15, 0.2) is 0 Å². The van der Waals surface area contributed by atoms with Crippen LogP contribution in [-0.2, 0) is 4.79 Å². The molecule has 1 rings (SSSR count). The molecule has 0 aliphatic carbocycles. The van der Waals surface area contributed by atoms with Gasteiger partial charge in [-0.25, -0.2) is 0 Å². The van der Waals surface area contributed by atoms with Gasteiger partial charge < -0.3 is 10.0 Å². The Hall–Kier alpha value is -0.570. The van der Waals surface area contributed by atoms with Gasteiger partial charge in [0.1, 0.15) is 0 Å². The summed E-state index contributed by atoms with van der Waals surface area (Å²) in [6.07, 6.45) is 4.02. The maximum absolute atomic E-state index is 10.6. The maximum atomic E-state index is 10.6. The number of hydrogen-bond donors (Lipinski definition) is 1. The van der Waals surface area contributed by atoms with Gasteiger partial charge in [0.25, 0.3) is 0 Å². The van der Waals surface area contributed by atoms with Crippen molar-refractivity contribution in [1.29, 1.82) is 0 Å². The molecule has 1 heterocycles. The Morgan fingerprint density at radius 2 is 2.29 bits per heavy atom. The van der Waals surface area contributed by atoms with Gasteiger partial charge in [-0.05, 0) is 38.3 Å². The van der Waals surface area contributed by atoms with E-state index < -0.39 is 5.97 Å². The van der Waals surface area contributed by atoms with Crippen LogP contribution in [0, 0.1) is 11.8 Å². The second kappa shape index (κ2) is 5.35. The van der Waals surface area contributed by atoms with Crippen molar-refractivity contribution in [2.45, 2.75) is 32.6 Å². The quantitative estimate of drug-likeness (QED) is 0.754. The summed E-state index contributed by atoms with van der Waals surface area (Å²) in [6, 6.07) is 0. The normalized spacial score (nSPS) is 26.9. The van der Waals surface area contributed by atoms with E-state index in [0.717, 1.165) is 13.1 Å².